The Kier molecular flexibility index (Phi) is 8.27. The van der Waals surface area contributed by atoms with Crippen molar-refractivity contribution in [1.29, 1.82) is 0 Å². The van der Waals surface area contributed by atoms with E-state index < -0.39 is 12.0 Å². The van der Waals surface area contributed by atoms with E-state index in [9.17, 15) is 4.79 Å². The van der Waals surface area contributed by atoms with E-state index in [4.69, 9.17) is 9.84 Å². The van der Waals surface area contributed by atoms with Crippen LogP contribution in [-0.4, -0.2) is 61.9 Å². The molecular formula is C10H22N2O3. The third kappa shape index (κ3) is 6.43. The van der Waals surface area contributed by atoms with Crippen LogP contribution in [0.4, 0.5) is 0 Å². The van der Waals surface area contributed by atoms with Crippen LogP contribution < -0.4 is 5.32 Å². The molecule has 0 radical (unpaired) electrons. The van der Waals surface area contributed by atoms with E-state index in [1.807, 2.05) is 0 Å². The second-order valence-corrected chi connectivity index (χ2v) is 3.33. The Bertz CT molecular complexity index is 172. The first kappa shape index (κ1) is 14.3. The number of hydrogen-bond donors (Lipinski definition) is 2. The monoisotopic (exact) mass is 218 g/mol. The maximum absolute atomic E-state index is 10.7. The van der Waals surface area contributed by atoms with Gasteiger partial charge in [-0.15, -0.1) is 0 Å². The number of hydrogen-bond acceptors (Lipinski definition) is 4. The second kappa shape index (κ2) is 8.64. The predicted molar refractivity (Wildman–Crippen MR) is 59.1 cm³/mol. The van der Waals surface area contributed by atoms with E-state index in [-0.39, 0.29) is 6.61 Å². The van der Waals surface area contributed by atoms with Crippen LogP contribution in [0.2, 0.25) is 0 Å². The number of likely N-dealkylation sites (N-methyl/N-ethyl adjacent to an activating group) is 1. The molecule has 15 heavy (non-hydrogen) atoms. The summed E-state index contributed by atoms with van der Waals surface area (Å²) in [6.45, 7) is 7.89. The van der Waals surface area contributed by atoms with Crippen molar-refractivity contribution in [3.8, 4) is 0 Å². The third-order valence-electron chi connectivity index (χ3n) is 2.34. The van der Waals surface area contributed by atoms with Crippen LogP contribution in [0.5, 0.6) is 0 Å². The highest BCUT2D eigenvalue weighted by Gasteiger charge is 2.15. The highest BCUT2D eigenvalue weighted by molar-refractivity contribution is 5.73. The summed E-state index contributed by atoms with van der Waals surface area (Å²) in [6, 6.07) is -0.606. The van der Waals surface area contributed by atoms with Crippen LogP contribution in [0.15, 0.2) is 0 Å². The van der Waals surface area contributed by atoms with Gasteiger partial charge in [-0.05, 0) is 13.1 Å². The van der Waals surface area contributed by atoms with E-state index >= 15 is 0 Å². The molecular weight excluding hydrogens is 196 g/mol. The second-order valence-electron chi connectivity index (χ2n) is 3.33. The molecule has 0 amide bonds. The number of nitrogens with zero attached hydrogens (tertiary/aromatic N) is 1. The summed E-state index contributed by atoms with van der Waals surface area (Å²) in [5.74, 6) is -0.864. The molecule has 0 bridgehead atoms. The summed E-state index contributed by atoms with van der Waals surface area (Å²) in [4.78, 5) is 13.0. The Labute approximate surface area is 91.4 Å². The normalized spacial score (nSPS) is 13.1. The molecule has 1 unspecified atom stereocenters. The van der Waals surface area contributed by atoms with Gasteiger partial charge in [0.15, 0.2) is 0 Å². The van der Waals surface area contributed by atoms with Gasteiger partial charge in [-0.25, -0.2) is 0 Å². The molecule has 5 heteroatoms. The quantitative estimate of drug-likeness (QED) is 0.571. The van der Waals surface area contributed by atoms with Crippen LogP contribution in [0.1, 0.15) is 13.8 Å². The Morgan fingerprint density at radius 1 is 1.47 bits per heavy atom. The van der Waals surface area contributed by atoms with Crippen LogP contribution in [0.25, 0.3) is 0 Å². The van der Waals surface area contributed by atoms with Gasteiger partial charge in [-0.1, -0.05) is 13.8 Å². The Balaban J connectivity index is 3.74. The largest absolute Gasteiger partial charge is 0.480 e. The molecule has 0 rings (SSSR count). The Morgan fingerprint density at radius 3 is 2.47 bits per heavy atom. The molecule has 0 aromatic carbocycles. The zero-order chi connectivity index (χ0) is 11.7. The number of aliphatic carboxylic acids is 1. The molecule has 5 nitrogen and oxygen atoms in total. The summed E-state index contributed by atoms with van der Waals surface area (Å²) in [5.41, 5.74) is 0. The number of rotatable bonds is 9. The molecule has 0 aromatic rings. The lowest BCUT2D eigenvalue weighted by molar-refractivity contribution is -0.140. The summed E-state index contributed by atoms with van der Waals surface area (Å²) >= 11 is 0. The van der Waals surface area contributed by atoms with Gasteiger partial charge < -0.3 is 20.1 Å². The fourth-order valence-electron chi connectivity index (χ4n) is 1.32. The van der Waals surface area contributed by atoms with Crippen LogP contribution in [0.3, 0.4) is 0 Å². The van der Waals surface area contributed by atoms with Gasteiger partial charge in [-0.3, -0.25) is 4.79 Å². The lowest BCUT2D eigenvalue weighted by Gasteiger charge is -2.20. The Hall–Kier alpha value is -0.650. The number of ether oxygens (including phenoxy) is 1. The van der Waals surface area contributed by atoms with Crippen molar-refractivity contribution >= 4 is 5.97 Å². The van der Waals surface area contributed by atoms with E-state index in [0.29, 0.717) is 6.54 Å². The molecule has 0 aromatic heterocycles. The minimum atomic E-state index is -0.864. The van der Waals surface area contributed by atoms with Gasteiger partial charge in [0.25, 0.3) is 0 Å². The topological polar surface area (TPSA) is 61.8 Å². The molecule has 0 aliphatic heterocycles. The standard InChI is InChI=1S/C10H22N2O3/c1-4-12(5-2)7-6-11-9(8-15-3)10(13)14/h9,11H,4-8H2,1-3H3,(H,13,14). The fourth-order valence-corrected chi connectivity index (χ4v) is 1.32. The van der Waals surface area contributed by atoms with Crippen LogP contribution in [-0.2, 0) is 9.53 Å². The Morgan fingerprint density at radius 2 is 2.07 bits per heavy atom. The minimum Gasteiger partial charge on any atom is -0.480 e. The molecule has 0 saturated carbocycles. The van der Waals surface area contributed by atoms with Crippen molar-refractivity contribution < 1.29 is 14.6 Å². The first-order chi connectivity index (χ1) is 7.15. The van der Waals surface area contributed by atoms with E-state index in [2.05, 4.69) is 24.1 Å². The molecule has 2 N–H and O–H groups in total. The van der Waals surface area contributed by atoms with Crippen LogP contribution in [0, 0.1) is 0 Å². The summed E-state index contributed by atoms with van der Waals surface area (Å²) in [5, 5.41) is 11.8. The van der Waals surface area contributed by atoms with E-state index in [1.165, 1.54) is 7.11 Å². The zero-order valence-electron chi connectivity index (χ0n) is 9.82. The van der Waals surface area contributed by atoms with Crippen molar-refractivity contribution in [2.24, 2.45) is 0 Å². The first-order valence-electron chi connectivity index (χ1n) is 5.33. The molecule has 1 atom stereocenters. The SMILES string of the molecule is CCN(CC)CCNC(COC)C(=O)O. The zero-order valence-corrected chi connectivity index (χ0v) is 9.82. The lowest BCUT2D eigenvalue weighted by Crippen LogP contribution is -2.43. The average Bonchev–Trinajstić information content (AvgIpc) is 2.22. The third-order valence-corrected chi connectivity index (χ3v) is 2.34. The lowest BCUT2D eigenvalue weighted by atomic mass is 10.3. The van der Waals surface area contributed by atoms with Crippen molar-refractivity contribution in [1.82, 2.24) is 10.2 Å². The average molecular weight is 218 g/mol. The molecule has 0 spiro atoms. The highest BCUT2D eigenvalue weighted by Crippen LogP contribution is 1.88. The maximum Gasteiger partial charge on any atom is 0.323 e. The highest BCUT2D eigenvalue weighted by atomic mass is 16.5. The molecule has 90 valence electrons. The summed E-state index contributed by atoms with van der Waals surface area (Å²) in [6.07, 6.45) is 0. The van der Waals surface area contributed by atoms with E-state index in [0.717, 1.165) is 19.6 Å². The summed E-state index contributed by atoms with van der Waals surface area (Å²) in [7, 11) is 1.50. The first-order valence-corrected chi connectivity index (χ1v) is 5.33. The van der Waals surface area contributed by atoms with Gasteiger partial charge in [0.1, 0.15) is 6.04 Å². The minimum absolute atomic E-state index is 0.202. The molecule has 0 fully saturated rings. The van der Waals surface area contributed by atoms with Gasteiger partial charge in [0, 0.05) is 20.2 Å². The molecule has 0 aliphatic carbocycles. The smallest absolute Gasteiger partial charge is 0.323 e. The van der Waals surface area contributed by atoms with Crippen LogP contribution >= 0.6 is 0 Å². The predicted octanol–water partition coefficient (Wildman–Crippen LogP) is 0.0174. The number of carbonyl (C=O) groups is 1. The van der Waals surface area contributed by atoms with Crippen molar-refractivity contribution in [3.63, 3.8) is 0 Å². The van der Waals surface area contributed by atoms with Gasteiger partial charge in [-0.2, -0.15) is 0 Å². The number of carboxylic acids is 1. The van der Waals surface area contributed by atoms with E-state index in [1.54, 1.807) is 0 Å². The van der Waals surface area contributed by atoms with Gasteiger partial charge in [0.05, 0.1) is 6.61 Å². The fraction of sp³-hybridized carbons (Fsp3) is 0.900. The number of carboxylic acid groups (broad SMARTS) is 1. The van der Waals surface area contributed by atoms with Gasteiger partial charge >= 0.3 is 5.97 Å². The number of methoxy groups -OCH3 is 1. The molecule has 0 aliphatic rings. The van der Waals surface area contributed by atoms with Crippen molar-refractivity contribution in [2.45, 2.75) is 19.9 Å². The van der Waals surface area contributed by atoms with Crippen molar-refractivity contribution in [2.75, 3.05) is 39.9 Å². The molecule has 0 heterocycles. The number of nitrogens with one attached hydrogen (secondary N) is 1. The maximum atomic E-state index is 10.7. The molecule has 0 saturated heterocycles. The van der Waals surface area contributed by atoms with Gasteiger partial charge in [0.2, 0.25) is 0 Å². The summed E-state index contributed by atoms with van der Waals surface area (Å²) < 4.78 is 4.82. The van der Waals surface area contributed by atoms with Crippen molar-refractivity contribution in [3.05, 3.63) is 0 Å².